The van der Waals surface area contributed by atoms with Crippen molar-refractivity contribution in [2.24, 2.45) is 0 Å². The van der Waals surface area contributed by atoms with E-state index < -0.39 is 0 Å². The van der Waals surface area contributed by atoms with E-state index in [9.17, 15) is 4.79 Å². The second-order valence-corrected chi connectivity index (χ2v) is 8.89. The summed E-state index contributed by atoms with van der Waals surface area (Å²) in [6.45, 7) is 3.57. The molecule has 7 nitrogen and oxygen atoms in total. The van der Waals surface area contributed by atoms with Crippen LogP contribution in [0.2, 0.25) is 0 Å². The molecule has 1 aliphatic rings. The largest absolute Gasteiger partial charge is 0.486 e. The summed E-state index contributed by atoms with van der Waals surface area (Å²) in [6.07, 6.45) is 0. The summed E-state index contributed by atoms with van der Waals surface area (Å²) in [4.78, 5) is 12.5. The Morgan fingerprint density at radius 2 is 1.93 bits per heavy atom. The van der Waals surface area contributed by atoms with E-state index in [1.807, 2.05) is 37.3 Å². The Labute approximate surface area is 176 Å². The van der Waals surface area contributed by atoms with Crippen molar-refractivity contribution in [2.75, 3.05) is 23.8 Å². The third kappa shape index (κ3) is 5.18. The van der Waals surface area contributed by atoms with Gasteiger partial charge in [-0.05, 0) is 24.6 Å². The van der Waals surface area contributed by atoms with Gasteiger partial charge in [0.15, 0.2) is 15.8 Å². The number of aromatic nitrogens is 2. The van der Waals surface area contributed by atoms with Gasteiger partial charge in [0.25, 0.3) is 0 Å². The number of benzene rings is 2. The number of fused-ring (bicyclic) bond motifs is 1. The monoisotopic (exact) mass is 428 g/mol. The van der Waals surface area contributed by atoms with Gasteiger partial charge in [0.05, 0.1) is 5.25 Å². The van der Waals surface area contributed by atoms with E-state index in [1.165, 1.54) is 28.7 Å². The van der Waals surface area contributed by atoms with Gasteiger partial charge in [-0.1, -0.05) is 53.4 Å². The van der Waals surface area contributed by atoms with Crippen LogP contribution in [0.25, 0.3) is 0 Å². The average Bonchev–Trinajstić information content (AvgIpc) is 3.20. The van der Waals surface area contributed by atoms with E-state index in [4.69, 9.17) is 9.47 Å². The fourth-order valence-electron chi connectivity index (χ4n) is 2.67. The highest BCUT2D eigenvalue weighted by molar-refractivity contribution is 8.02. The van der Waals surface area contributed by atoms with Crippen molar-refractivity contribution in [1.82, 2.24) is 10.2 Å². The molecule has 0 radical (unpaired) electrons. The van der Waals surface area contributed by atoms with Crippen molar-refractivity contribution in [3.05, 3.63) is 54.1 Å². The minimum Gasteiger partial charge on any atom is -0.486 e. The lowest BCUT2D eigenvalue weighted by atomic mass is 10.2. The molecule has 29 heavy (non-hydrogen) atoms. The average molecular weight is 429 g/mol. The molecule has 4 rings (SSSR count). The standard InChI is InChI=1S/C20H20N4O3S2/c1-13(18(25)22-15-7-8-16-17(11-15)27-10-9-26-16)28-20-24-23-19(29-20)21-12-14-5-3-2-4-6-14/h2-8,11,13H,9-10,12H2,1H3,(H,21,23)(H,22,25). The normalized spacial score (nSPS) is 13.6. The molecule has 0 saturated carbocycles. The number of anilines is 2. The number of hydrogen-bond acceptors (Lipinski definition) is 8. The van der Waals surface area contributed by atoms with Gasteiger partial charge in [0, 0.05) is 18.3 Å². The highest BCUT2D eigenvalue weighted by atomic mass is 32.2. The van der Waals surface area contributed by atoms with E-state index in [0.29, 0.717) is 36.9 Å². The Kier molecular flexibility index (Phi) is 6.16. The van der Waals surface area contributed by atoms with Crippen molar-refractivity contribution in [3.8, 4) is 11.5 Å². The van der Waals surface area contributed by atoms with Crippen LogP contribution in [-0.4, -0.2) is 34.6 Å². The number of amides is 1. The molecule has 1 atom stereocenters. The Morgan fingerprint density at radius 1 is 1.14 bits per heavy atom. The molecule has 0 aliphatic carbocycles. The zero-order chi connectivity index (χ0) is 20.1. The van der Waals surface area contributed by atoms with Crippen LogP contribution in [0.4, 0.5) is 10.8 Å². The van der Waals surface area contributed by atoms with Crippen LogP contribution in [0, 0.1) is 0 Å². The lowest BCUT2D eigenvalue weighted by Crippen LogP contribution is -2.22. The number of ether oxygens (including phenoxy) is 2. The Morgan fingerprint density at radius 3 is 2.76 bits per heavy atom. The molecule has 2 N–H and O–H groups in total. The molecule has 1 unspecified atom stereocenters. The lowest BCUT2D eigenvalue weighted by Gasteiger charge is -2.19. The smallest absolute Gasteiger partial charge is 0.237 e. The first-order valence-electron chi connectivity index (χ1n) is 9.16. The SMILES string of the molecule is CC(Sc1nnc(NCc2ccccc2)s1)C(=O)Nc1ccc2c(c1)OCCO2. The first kappa shape index (κ1) is 19.5. The summed E-state index contributed by atoms with van der Waals surface area (Å²) in [7, 11) is 0. The molecule has 0 spiro atoms. The van der Waals surface area contributed by atoms with Gasteiger partial charge in [-0.2, -0.15) is 0 Å². The fourth-order valence-corrected chi connectivity index (χ4v) is 4.56. The molecule has 3 aromatic rings. The van der Waals surface area contributed by atoms with Gasteiger partial charge < -0.3 is 20.1 Å². The summed E-state index contributed by atoms with van der Waals surface area (Å²) in [5.74, 6) is 1.23. The molecule has 0 bridgehead atoms. The predicted octanol–water partition coefficient (Wildman–Crippen LogP) is 4.04. The summed E-state index contributed by atoms with van der Waals surface area (Å²) < 4.78 is 11.8. The molecule has 0 saturated heterocycles. The highest BCUT2D eigenvalue weighted by Gasteiger charge is 2.19. The number of carbonyl (C=O) groups excluding carboxylic acids is 1. The van der Waals surface area contributed by atoms with E-state index >= 15 is 0 Å². The molecule has 0 fully saturated rings. The zero-order valence-electron chi connectivity index (χ0n) is 15.8. The Hall–Kier alpha value is -2.78. The number of nitrogens with one attached hydrogen (secondary N) is 2. The van der Waals surface area contributed by atoms with E-state index in [1.54, 1.807) is 18.2 Å². The van der Waals surface area contributed by atoms with Crippen molar-refractivity contribution in [1.29, 1.82) is 0 Å². The number of hydrogen-bond donors (Lipinski definition) is 2. The summed E-state index contributed by atoms with van der Waals surface area (Å²) in [5, 5.41) is 14.9. The summed E-state index contributed by atoms with van der Waals surface area (Å²) in [6, 6.07) is 15.5. The third-order valence-electron chi connectivity index (χ3n) is 4.15. The van der Waals surface area contributed by atoms with Crippen LogP contribution in [-0.2, 0) is 11.3 Å². The topological polar surface area (TPSA) is 85.4 Å². The molecule has 9 heteroatoms. The maximum atomic E-state index is 12.5. The van der Waals surface area contributed by atoms with Gasteiger partial charge in [-0.25, -0.2) is 0 Å². The second kappa shape index (κ2) is 9.15. The van der Waals surface area contributed by atoms with Gasteiger partial charge in [-0.15, -0.1) is 10.2 Å². The molecular weight excluding hydrogens is 408 g/mol. The van der Waals surface area contributed by atoms with E-state index in [0.717, 1.165) is 9.47 Å². The number of carbonyl (C=O) groups is 1. The molecule has 2 heterocycles. The van der Waals surface area contributed by atoms with Gasteiger partial charge in [0.1, 0.15) is 13.2 Å². The first-order valence-corrected chi connectivity index (χ1v) is 10.9. The van der Waals surface area contributed by atoms with Crippen LogP contribution in [0.3, 0.4) is 0 Å². The first-order chi connectivity index (χ1) is 14.2. The summed E-state index contributed by atoms with van der Waals surface area (Å²) >= 11 is 2.82. The van der Waals surface area contributed by atoms with Gasteiger partial charge in [-0.3, -0.25) is 4.79 Å². The number of rotatable bonds is 7. The van der Waals surface area contributed by atoms with Crippen molar-refractivity contribution in [2.45, 2.75) is 23.1 Å². The van der Waals surface area contributed by atoms with Gasteiger partial charge >= 0.3 is 0 Å². The highest BCUT2D eigenvalue weighted by Crippen LogP contribution is 2.33. The summed E-state index contributed by atoms with van der Waals surface area (Å²) in [5.41, 5.74) is 1.85. The Balaban J connectivity index is 1.30. The predicted molar refractivity (Wildman–Crippen MR) is 115 cm³/mol. The molecule has 1 aliphatic heterocycles. The molecule has 1 aromatic heterocycles. The van der Waals surface area contributed by atoms with Crippen LogP contribution in [0.1, 0.15) is 12.5 Å². The van der Waals surface area contributed by atoms with Crippen LogP contribution >= 0.6 is 23.1 Å². The maximum absolute atomic E-state index is 12.5. The third-order valence-corrected chi connectivity index (χ3v) is 6.21. The van der Waals surface area contributed by atoms with Gasteiger partial charge in [0.2, 0.25) is 11.0 Å². The van der Waals surface area contributed by atoms with Crippen molar-refractivity contribution in [3.63, 3.8) is 0 Å². The van der Waals surface area contributed by atoms with Crippen LogP contribution in [0.5, 0.6) is 11.5 Å². The zero-order valence-corrected chi connectivity index (χ0v) is 17.4. The second-order valence-electron chi connectivity index (χ2n) is 6.32. The lowest BCUT2D eigenvalue weighted by molar-refractivity contribution is -0.115. The Bertz CT molecular complexity index is 981. The molecular formula is C20H20N4O3S2. The number of nitrogens with zero attached hydrogens (tertiary/aromatic N) is 2. The van der Waals surface area contributed by atoms with Crippen molar-refractivity contribution >= 4 is 39.8 Å². The van der Waals surface area contributed by atoms with E-state index in [-0.39, 0.29) is 11.2 Å². The fraction of sp³-hybridized carbons (Fsp3) is 0.250. The van der Waals surface area contributed by atoms with Crippen molar-refractivity contribution < 1.29 is 14.3 Å². The minimum atomic E-state index is -0.321. The molecule has 2 aromatic carbocycles. The maximum Gasteiger partial charge on any atom is 0.237 e. The number of thioether (sulfide) groups is 1. The minimum absolute atomic E-state index is 0.110. The van der Waals surface area contributed by atoms with E-state index in [2.05, 4.69) is 20.8 Å². The van der Waals surface area contributed by atoms with Crippen LogP contribution < -0.4 is 20.1 Å². The molecule has 1 amide bonds. The van der Waals surface area contributed by atoms with Crippen LogP contribution in [0.15, 0.2) is 52.9 Å². The molecule has 150 valence electrons. The quantitative estimate of drug-likeness (QED) is 0.549.